The van der Waals surface area contributed by atoms with Gasteiger partial charge in [0.25, 0.3) is 5.56 Å². The third-order valence-electron chi connectivity index (χ3n) is 5.46. The number of alkyl halides is 3. The van der Waals surface area contributed by atoms with Crippen molar-refractivity contribution in [2.45, 2.75) is 19.6 Å². The van der Waals surface area contributed by atoms with Crippen LogP contribution in [0.15, 0.2) is 53.5 Å². The lowest BCUT2D eigenvalue weighted by molar-refractivity contribution is -0.137. The van der Waals surface area contributed by atoms with Crippen LogP contribution in [0.2, 0.25) is 0 Å². The van der Waals surface area contributed by atoms with Gasteiger partial charge in [-0.05, 0) is 37.3 Å². The molecule has 12 heteroatoms. The van der Waals surface area contributed by atoms with Crippen molar-refractivity contribution in [3.63, 3.8) is 0 Å². The van der Waals surface area contributed by atoms with E-state index < -0.39 is 41.0 Å². The van der Waals surface area contributed by atoms with Crippen LogP contribution in [-0.2, 0) is 12.7 Å². The van der Waals surface area contributed by atoms with Crippen molar-refractivity contribution in [1.82, 2.24) is 9.55 Å². The van der Waals surface area contributed by atoms with E-state index in [0.29, 0.717) is 22.6 Å². The van der Waals surface area contributed by atoms with Gasteiger partial charge in [0.05, 0.1) is 29.3 Å². The van der Waals surface area contributed by atoms with Crippen molar-refractivity contribution in [3.05, 3.63) is 92.9 Å². The second-order valence-electron chi connectivity index (χ2n) is 7.84. The van der Waals surface area contributed by atoms with Crippen LogP contribution >= 0.6 is 11.3 Å². The summed E-state index contributed by atoms with van der Waals surface area (Å²) in [4.78, 5) is 17.9. The van der Waals surface area contributed by atoms with Crippen molar-refractivity contribution in [1.29, 1.82) is 10.5 Å². The van der Waals surface area contributed by atoms with E-state index in [1.54, 1.807) is 13.0 Å². The van der Waals surface area contributed by atoms with Crippen molar-refractivity contribution in [2.75, 3.05) is 6.61 Å². The summed E-state index contributed by atoms with van der Waals surface area (Å²) in [6.45, 7) is 1.46. The lowest BCUT2D eigenvalue weighted by Gasteiger charge is -2.17. The maximum atomic E-state index is 14.4. The largest absolute Gasteiger partial charge is 0.477 e. The van der Waals surface area contributed by atoms with Crippen LogP contribution in [0.5, 0.6) is 5.88 Å². The smallest absolute Gasteiger partial charge is 0.417 e. The molecule has 0 fully saturated rings. The highest BCUT2D eigenvalue weighted by Crippen LogP contribution is 2.38. The molecule has 0 bridgehead atoms. The zero-order chi connectivity index (χ0) is 27.6. The predicted octanol–water partition coefficient (Wildman–Crippen LogP) is 6.13. The molecule has 0 saturated heterocycles. The number of halogens is 5. The summed E-state index contributed by atoms with van der Waals surface area (Å²) in [5, 5.41) is 18.8. The standard InChI is InChI=1S/C26H15F5N4O2S/c1-2-37-24-15(10-32)7-16(12-34-24)22-5-6-23(38-22)21-9-19(26(29,30)31)18(11-33)25(36)35(21)13-14-3-4-17(27)8-20(14)28/h3-9,12H,2,13H2,1H3. The van der Waals surface area contributed by atoms with E-state index in [9.17, 15) is 37.3 Å². The summed E-state index contributed by atoms with van der Waals surface area (Å²) < 4.78 is 75.3. The van der Waals surface area contributed by atoms with Crippen LogP contribution in [-0.4, -0.2) is 16.2 Å². The van der Waals surface area contributed by atoms with Gasteiger partial charge in [0.1, 0.15) is 34.9 Å². The van der Waals surface area contributed by atoms with Crippen LogP contribution in [0.1, 0.15) is 29.2 Å². The molecule has 0 aliphatic carbocycles. The molecule has 0 aliphatic heterocycles. The average Bonchev–Trinajstić information content (AvgIpc) is 3.36. The van der Waals surface area contributed by atoms with Gasteiger partial charge >= 0.3 is 6.18 Å². The molecule has 0 unspecified atom stereocenters. The maximum Gasteiger partial charge on any atom is 0.417 e. The number of rotatable bonds is 6. The Hall–Kier alpha value is -4.55. The van der Waals surface area contributed by atoms with Crippen LogP contribution in [0.4, 0.5) is 22.0 Å². The number of ether oxygens (including phenoxy) is 1. The van der Waals surface area contributed by atoms with Crippen molar-refractivity contribution in [2.24, 2.45) is 0 Å². The number of nitrogens with zero attached hydrogens (tertiary/aromatic N) is 4. The Balaban J connectivity index is 1.90. The van der Waals surface area contributed by atoms with Gasteiger partial charge in [0, 0.05) is 28.3 Å². The Kier molecular flexibility index (Phi) is 7.28. The van der Waals surface area contributed by atoms with Gasteiger partial charge < -0.3 is 9.30 Å². The van der Waals surface area contributed by atoms with E-state index in [2.05, 4.69) is 4.98 Å². The second kappa shape index (κ2) is 10.4. The summed E-state index contributed by atoms with van der Waals surface area (Å²) in [5.74, 6) is -1.74. The summed E-state index contributed by atoms with van der Waals surface area (Å²) in [6.07, 6.45) is -3.58. The molecule has 0 saturated carbocycles. The molecular formula is C26H15F5N4O2S. The van der Waals surface area contributed by atoms with Crippen LogP contribution in [0.25, 0.3) is 21.0 Å². The first-order valence-electron chi connectivity index (χ1n) is 10.9. The summed E-state index contributed by atoms with van der Waals surface area (Å²) >= 11 is 0.996. The minimum atomic E-state index is -5.01. The molecule has 0 N–H and O–H groups in total. The summed E-state index contributed by atoms with van der Waals surface area (Å²) in [5.41, 5.74) is -3.60. The lowest BCUT2D eigenvalue weighted by atomic mass is 10.1. The Labute approximate surface area is 216 Å². The fourth-order valence-electron chi connectivity index (χ4n) is 3.71. The van der Waals surface area contributed by atoms with E-state index in [-0.39, 0.29) is 34.2 Å². The third kappa shape index (κ3) is 5.12. The quantitative estimate of drug-likeness (QED) is 0.274. The minimum absolute atomic E-state index is 0.132. The number of pyridine rings is 2. The molecule has 4 rings (SSSR count). The first-order chi connectivity index (χ1) is 18.1. The molecule has 0 amide bonds. The Bertz CT molecular complexity index is 1680. The fourth-order valence-corrected chi connectivity index (χ4v) is 4.72. The van der Waals surface area contributed by atoms with Gasteiger partial charge in [-0.15, -0.1) is 11.3 Å². The lowest BCUT2D eigenvalue weighted by Crippen LogP contribution is -2.28. The van der Waals surface area contributed by atoms with E-state index in [1.165, 1.54) is 24.4 Å². The van der Waals surface area contributed by atoms with Gasteiger partial charge in [0.15, 0.2) is 0 Å². The van der Waals surface area contributed by atoms with E-state index in [1.807, 2.05) is 6.07 Å². The zero-order valence-corrected chi connectivity index (χ0v) is 20.3. The van der Waals surface area contributed by atoms with E-state index in [0.717, 1.165) is 28.0 Å². The second-order valence-corrected chi connectivity index (χ2v) is 8.92. The molecular weight excluding hydrogens is 527 g/mol. The number of aromatic nitrogens is 2. The molecule has 0 atom stereocenters. The SMILES string of the molecule is CCOc1ncc(-c2ccc(-c3cc(C(F)(F)F)c(C#N)c(=O)n3Cc3ccc(F)cc3F)s2)cc1C#N. The maximum absolute atomic E-state index is 14.4. The summed E-state index contributed by atoms with van der Waals surface area (Å²) in [7, 11) is 0. The van der Waals surface area contributed by atoms with Crippen molar-refractivity contribution < 1.29 is 26.7 Å². The predicted molar refractivity (Wildman–Crippen MR) is 128 cm³/mol. The first-order valence-corrected chi connectivity index (χ1v) is 11.7. The minimum Gasteiger partial charge on any atom is -0.477 e. The third-order valence-corrected chi connectivity index (χ3v) is 6.61. The van der Waals surface area contributed by atoms with Crippen LogP contribution in [0, 0.1) is 34.3 Å². The number of hydrogen-bond acceptors (Lipinski definition) is 6. The highest BCUT2D eigenvalue weighted by atomic mass is 32.1. The molecule has 3 heterocycles. The molecule has 0 radical (unpaired) electrons. The van der Waals surface area contributed by atoms with E-state index in [4.69, 9.17) is 4.74 Å². The summed E-state index contributed by atoms with van der Waals surface area (Å²) in [6, 6.07) is 11.1. The molecule has 38 heavy (non-hydrogen) atoms. The normalized spacial score (nSPS) is 11.2. The van der Waals surface area contributed by atoms with Gasteiger partial charge in [-0.2, -0.15) is 23.7 Å². The molecule has 0 spiro atoms. The van der Waals surface area contributed by atoms with Gasteiger partial charge in [0.2, 0.25) is 5.88 Å². The van der Waals surface area contributed by atoms with Gasteiger partial charge in [-0.1, -0.05) is 6.07 Å². The van der Waals surface area contributed by atoms with Crippen molar-refractivity contribution in [3.8, 4) is 39.0 Å². The Morgan fingerprint density at radius 1 is 1.05 bits per heavy atom. The molecule has 3 aromatic heterocycles. The van der Waals surface area contributed by atoms with Gasteiger partial charge in [-0.25, -0.2) is 13.8 Å². The fraction of sp³-hybridized carbons (Fsp3) is 0.154. The zero-order valence-electron chi connectivity index (χ0n) is 19.4. The van der Waals surface area contributed by atoms with Gasteiger partial charge in [-0.3, -0.25) is 4.79 Å². The molecule has 4 aromatic rings. The molecule has 6 nitrogen and oxygen atoms in total. The number of nitriles is 2. The number of benzene rings is 1. The highest BCUT2D eigenvalue weighted by molar-refractivity contribution is 7.18. The molecule has 192 valence electrons. The number of hydrogen-bond donors (Lipinski definition) is 0. The highest BCUT2D eigenvalue weighted by Gasteiger charge is 2.37. The van der Waals surface area contributed by atoms with Crippen LogP contribution < -0.4 is 10.3 Å². The van der Waals surface area contributed by atoms with Crippen molar-refractivity contribution >= 4 is 11.3 Å². The Morgan fingerprint density at radius 3 is 2.42 bits per heavy atom. The number of thiophene rings is 1. The van der Waals surface area contributed by atoms with E-state index >= 15 is 0 Å². The average molecular weight is 542 g/mol. The topological polar surface area (TPSA) is 91.7 Å². The van der Waals surface area contributed by atoms with Crippen LogP contribution in [0.3, 0.4) is 0 Å². The Morgan fingerprint density at radius 2 is 1.79 bits per heavy atom. The molecule has 0 aliphatic rings. The monoisotopic (exact) mass is 542 g/mol. The molecule has 1 aromatic carbocycles. The first kappa shape index (κ1) is 26.5.